The zero-order valence-corrected chi connectivity index (χ0v) is 76.4. The van der Waals surface area contributed by atoms with Crippen molar-refractivity contribution >= 4 is 58.2 Å². The number of rotatable bonds is 9. The van der Waals surface area contributed by atoms with Gasteiger partial charge in [0.2, 0.25) is 35.4 Å². The van der Waals surface area contributed by atoms with E-state index in [1.54, 1.807) is 6.07 Å². The molecule has 0 aromatic heterocycles. The molecule has 12 rings (SSSR count). The van der Waals surface area contributed by atoms with Crippen LogP contribution in [-0.4, -0.2) is 236 Å². The third kappa shape index (κ3) is 28.7. The predicted molar refractivity (Wildman–Crippen MR) is 484 cm³/mol. The summed E-state index contributed by atoms with van der Waals surface area (Å²) in [4.78, 5) is 99.3. The fraction of sp³-hybridized carbons (Fsp3) is 0.571. The Kier molecular flexibility index (Phi) is 35.0. The van der Waals surface area contributed by atoms with Gasteiger partial charge in [0.1, 0.15) is 5.82 Å². The lowest BCUT2D eigenvalue weighted by molar-refractivity contribution is -0.142. The summed E-state index contributed by atoms with van der Waals surface area (Å²) in [7, 11) is 0. The predicted octanol–water partition coefficient (Wildman–Crippen LogP) is 15.8. The zero-order valence-electron chi connectivity index (χ0n) is 76.4. The first-order chi connectivity index (χ1) is 55.3. The standard InChI is InChI=1S/C17H26N2O2.C17H26N2O.C16H23FN2O.3C16H24N2O/c1-13-5-6-15(14(11-13)12-20)18-7-9-19(10-8-18)16(21)17(2,3)4;1-14(15-8-6-5-7-9-15)18-10-12-19(13-11-18)16(20)17(2,3)4;1-12-5-6-14(13(17)11-12)18-7-9-19(10-8-18)15(20)16(2,3)4;1-13-7-5-6-8-14(13)17-9-11-18(12-10-17)15(19)16(2,3)4;1-13-12-17(14-8-6-5-7-9-14)10-11-18(13)15(19)16(2,3)4;1-16(2,3)15(19)18-11-9-17(10-12-18)13-14-7-5-4-6-8-14/h5-6,11,20H,7-10,12H2,1-4H3;5-9,14H,10-13H2,1-4H3;5-6,11H,7-10H2,1-4H3;5-8H,9-12H2,1-4H3;5-9,13H,10-12H2,1-4H3;4-8H,9-13H2,1-3H3. The van der Waals surface area contributed by atoms with Crippen LogP contribution in [0.3, 0.4) is 0 Å². The molecular weight excluding hydrogens is 1480 g/mol. The number of carbonyl (C=O) groups is 6. The number of para-hydroxylation sites is 2. The Morgan fingerprint density at radius 3 is 1.10 bits per heavy atom. The van der Waals surface area contributed by atoms with Crippen molar-refractivity contribution in [2.75, 3.05) is 170 Å². The van der Waals surface area contributed by atoms with Gasteiger partial charge in [0, 0.05) is 224 Å². The summed E-state index contributed by atoms with van der Waals surface area (Å²) in [5.41, 5.74) is 9.55. The highest BCUT2D eigenvalue weighted by molar-refractivity contribution is 5.85. The van der Waals surface area contributed by atoms with Crippen LogP contribution < -0.4 is 19.6 Å². The molecule has 6 fully saturated rings. The van der Waals surface area contributed by atoms with E-state index >= 15 is 0 Å². The quantitative estimate of drug-likeness (QED) is 0.146. The van der Waals surface area contributed by atoms with Gasteiger partial charge in [-0.3, -0.25) is 38.6 Å². The van der Waals surface area contributed by atoms with Gasteiger partial charge in [0.15, 0.2) is 0 Å². The van der Waals surface area contributed by atoms with E-state index in [4.69, 9.17) is 0 Å². The summed E-state index contributed by atoms with van der Waals surface area (Å²) < 4.78 is 14.0. The molecule has 648 valence electrons. The number of benzene rings is 6. The number of aliphatic hydroxyl groups is 1. The molecule has 2 atom stereocenters. The fourth-order valence-electron chi connectivity index (χ4n) is 15.5. The maximum absolute atomic E-state index is 14.0. The highest BCUT2D eigenvalue weighted by atomic mass is 19.1. The highest BCUT2D eigenvalue weighted by Gasteiger charge is 2.38. The smallest absolute Gasteiger partial charge is 0.228 e. The molecule has 6 aliphatic rings. The van der Waals surface area contributed by atoms with Crippen LogP contribution in [0.4, 0.5) is 27.1 Å². The normalized spacial score (nSPS) is 17.7. The van der Waals surface area contributed by atoms with E-state index in [-0.39, 0.29) is 86.4 Å². The topological polar surface area (TPSA) is 162 Å². The molecule has 118 heavy (non-hydrogen) atoms. The van der Waals surface area contributed by atoms with Crippen molar-refractivity contribution in [3.05, 3.63) is 191 Å². The second kappa shape index (κ2) is 42.9. The minimum absolute atomic E-state index is 0.0537. The summed E-state index contributed by atoms with van der Waals surface area (Å²) in [5, 5.41) is 9.53. The third-order valence-electron chi connectivity index (χ3n) is 22.5. The van der Waals surface area contributed by atoms with E-state index in [1.165, 1.54) is 28.1 Å². The van der Waals surface area contributed by atoms with Gasteiger partial charge >= 0.3 is 0 Å². The van der Waals surface area contributed by atoms with Crippen molar-refractivity contribution in [1.29, 1.82) is 0 Å². The number of hydrogen-bond donors (Lipinski definition) is 1. The minimum Gasteiger partial charge on any atom is -0.392 e. The van der Waals surface area contributed by atoms with Gasteiger partial charge in [-0.05, 0) is 93.3 Å². The maximum Gasteiger partial charge on any atom is 0.228 e. The Morgan fingerprint density at radius 2 is 0.712 bits per heavy atom. The van der Waals surface area contributed by atoms with Crippen molar-refractivity contribution in [2.24, 2.45) is 32.5 Å². The molecule has 0 bridgehead atoms. The number of anilines is 4. The average molecular weight is 1620 g/mol. The summed E-state index contributed by atoms with van der Waals surface area (Å²) in [6.45, 7) is 66.2. The van der Waals surface area contributed by atoms with Crippen LogP contribution in [-0.2, 0) is 41.9 Å². The molecule has 2 unspecified atom stereocenters. The minimum atomic E-state index is -0.350. The van der Waals surface area contributed by atoms with Crippen LogP contribution in [0.5, 0.6) is 0 Å². The number of hydrogen-bond acceptors (Lipinski definition) is 13. The number of piperazine rings is 6. The summed E-state index contributed by atoms with van der Waals surface area (Å²) >= 11 is 0. The Hall–Kier alpha value is -8.85. The molecule has 0 aliphatic carbocycles. The molecule has 6 aromatic carbocycles. The van der Waals surface area contributed by atoms with Crippen LogP contribution in [0.1, 0.15) is 178 Å². The van der Waals surface area contributed by atoms with E-state index < -0.39 is 0 Å². The first-order valence-electron chi connectivity index (χ1n) is 43.2. The number of nitrogens with zero attached hydrogens (tertiary/aromatic N) is 12. The largest absolute Gasteiger partial charge is 0.392 e. The fourth-order valence-corrected chi connectivity index (χ4v) is 15.5. The number of aryl methyl sites for hydroxylation is 3. The molecule has 0 spiro atoms. The number of amides is 6. The number of aliphatic hydroxyl groups excluding tert-OH is 1. The van der Waals surface area contributed by atoms with Crippen LogP contribution in [0.25, 0.3) is 0 Å². The maximum atomic E-state index is 14.0. The van der Waals surface area contributed by atoms with Gasteiger partial charge in [-0.2, -0.15) is 0 Å². The second-order valence-electron chi connectivity index (χ2n) is 39.0. The zero-order chi connectivity index (χ0) is 87.3. The molecular formula is C98H147FN12O7. The summed E-state index contributed by atoms with van der Waals surface area (Å²) in [6.07, 6.45) is 0. The van der Waals surface area contributed by atoms with Crippen molar-refractivity contribution in [3.63, 3.8) is 0 Å². The monoisotopic (exact) mass is 1620 g/mol. The van der Waals surface area contributed by atoms with Crippen molar-refractivity contribution < 1.29 is 38.3 Å². The van der Waals surface area contributed by atoms with Gasteiger partial charge in [0.05, 0.1) is 12.3 Å². The number of carbonyl (C=O) groups excluding carboxylic acids is 6. The first kappa shape index (κ1) is 96.3. The molecule has 20 heteroatoms. The highest BCUT2D eigenvalue weighted by Crippen LogP contribution is 2.31. The Labute approximate surface area is 709 Å². The van der Waals surface area contributed by atoms with Crippen molar-refractivity contribution in [2.45, 2.75) is 184 Å². The van der Waals surface area contributed by atoms with Crippen molar-refractivity contribution in [1.82, 2.24) is 39.2 Å². The molecule has 6 aliphatic heterocycles. The first-order valence-corrected chi connectivity index (χ1v) is 43.2. The third-order valence-corrected chi connectivity index (χ3v) is 22.5. The van der Waals surface area contributed by atoms with Crippen LogP contribution in [0.2, 0.25) is 0 Å². The van der Waals surface area contributed by atoms with Crippen LogP contribution in [0, 0.1) is 59.1 Å². The lowest BCUT2D eigenvalue weighted by Crippen LogP contribution is -2.56. The Morgan fingerprint density at radius 1 is 0.373 bits per heavy atom. The van der Waals surface area contributed by atoms with Gasteiger partial charge in [-0.25, -0.2) is 4.39 Å². The van der Waals surface area contributed by atoms with Crippen molar-refractivity contribution in [3.8, 4) is 0 Å². The molecule has 1 N–H and O–H groups in total. The molecule has 6 aromatic rings. The molecule has 6 amide bonds. The average Bonchev–Trinajstić information content (AvgIpc) is 0.817. The Balaban J connectivity index is 0.000000196. The van der Waals surface area contributed by atoms with E-state index in [2.05, 4.69) is 161 Å². The number of halogens is 1. The molecule has 0 radical (unpaired) electrons. The lowest BCUT2D eigenvalue weighted by atomic mass is 9.93. The van der Waals surface area contributed by atoms with E-state index in [0.717, 1.165) is 153 Å². The van der Waals surface area contributed by atoms with Gasteiger partial charge < -0.3 is 54.1 Å². The van der Waals surface area contributed by atoms with Crippen LogP contribution >= 0.6 is 0 Å². The van der Waals surface area contributed by atoms with Gasteiger partial charge in [-0.15, -0.1) is 0 Å². The van der Waals surface area contributed by atoms with E-state index in [9.17, 15) is 38.3 Å². The van der Waals surface area contributed by atoms with E-state index in [1.807, 2.05) is 203 Å². The summed E-state index contributed by atoms with van der Waals surface area (Å²) in [5.74, 6) is 1.26. The molecule has 6 saturated heterocycles. The SMILES string of the molecule is CC(C)(C)C(=O)N1CCN(Cc2ccccc2)CC1.CC(c1ccccc1)N1CCN(C(=O)C(C)(C)C)CC1.CC1CN(c2ccccc2)CCN1C(=O)C(C)(C)C.Cc1ccc(N2CCN(C(=O)C(C)(C)C)CC2)c(CO)c1.Cc1ccc(N2CCN(C(=O)C(C)(C)C)CC2)c(F)c1.Cc1ccccc1N1CCN(C(=O)C(C)(C)C)CC1. The van der Waals surface area contributed by atoms with Crippen LogP contribution in [0.15, 0.2) is 152 Å². The second-order valence-corrected chi connectivity index (χ2v) is 39.0. The van der Waals surface area contributed by atoms with Gasteiger partial charge in [0.25, 0.3) is 0 Å². The van der Waals surface area contributed by atoms with Gasteiger partial charge in [-0.1, -0.05) is 245 Å². The Bertz CT molecular complexity index is 4140. The molecule has 19 nitrogen and oxygen atoms in total. The van der Waals surface area contributed by atoms with E-state index in [0.29, 0.717) is 37.9 Å². The lowest BCUT2D eigenvalue weighted by Gasteiger charge is -2.43. The molecule has 6 heterocycles. The summed E-state index contributed by atoms with van der Waals surface area (Å²) in [6, 6.07) is 52.1. The molecule has 0 saturated carbocycles.